The second-order valence-electron chi connectivity index (χ2n) is 24.2. The van der Waals surface area contributed by atoms with E-state index in [0.29, 0.717) is 39.6 Å². The Morgan fingerprint density at radius 2 is 0.424 bits per heavy atom. The van der Waals surface area contributed by atoms with Crippen LogP contribution in [0.4, 0.5) is 0 Å². The largest absolute Gasteiger partial charge is 0.493 e. The van der Waals surface area contributed by atoms with Gasteiger partial charge in [-0.1, -0.05) is 287 Å². The number of ether oxygens (including phenoxy) is 6. The van der Waals surface area contributed by atoms with Gasteiger partial charge in [-0.15, -0.1) is 0 Å². The first kappa shape index (κ1) is 65.9. The molecule has 0 bridgehead atoms. The lowest BCUT2D eigenvalue weighted by molar-refractivity contribution is 0.299. The van der Waals surface area contributed by atoms with Crippen molar-refractivity contribution in [1.82, 2.24) is 0 Å². The second-order valence-corrected chi connectivity index (χ2v) is 24.2. The first-order chi connectivity index (χ1) is 45.5. The number of hydrogen-bond donors (Lipinski definition) is 0. The van der Waals surface area contributed by atoms with E-state index in [1.807, 2.05) is 36.4 Å². The van der Waals surface area contributed by atoms with Gasteiger partial charge in [0.05, 0.1) is 26.4 Å². The first-order valence-electron chi connectivity index (χ1n) is 34.3. The lowest BCUT2D eigenvalue weighted by atomic mass is 9.94. The third-order valence-electron chi connectivity index (χ3n) is 17.2. The van der Waals surface area contributed by atoms with E-state index in [1.165, 1.54) is 62.5 Å². The molecular formula is C86H94O6. The van der Waals surface area contributed by atoms with E-state index in [0.717, 1.165) is 164 Å². The van der Waals surface area contributed by atoms with E-state index in [2.05, 4.69) is 222 Å². The quantitative estimate of drug-likeness (QED) is 0.0362. The summed E-state index contributed by atoms with van der Waals surface area (Å²) >= 11 is 0. The van der Waals surface area contributed by atoms with Crippen molar-refractivity contribution in [3.63, 3.8) is 0 Å². The zero-order valence-electron chi connectivity index (χ0n) is 54.9. The molecule has 10 rings (SSSR count). The molecule has 0 saturated heterocycles. The molecule has 0 aromatic heterocycles. The van der Waals surface area contributed by atoms with Crippen LogP contribution in [0.5, 0.6) is 34.5 Å². The van der Waals surface area contributed by atoms with Crippen LogP contribution in [0.2, 0.25) is 0 Å². The fourth-order valence-electron chi connectivity index (χ4n) is 11.7. The van der Waals surface area contributed by atoms with Crippen LogP contribution in [-0.2, 0) is 13.2 Å². The lowest BCUT2D eigenvalue weighted by Gasteiger charge is -2.19. The molecule has 0 aliphatic rings. The molecule has 0 amide bonds. The maximum atomic E-state index is 6.73. The van der Waals surface area contributed by atoms with Crippen molar-refractivity contribution in [2.75, 3.05) is 26.4 Å². The SMILES string of the molecule is CCCCCCOc1cc(-c2ccc(-c3ccc(-c4ccc(-c5ccc(-c6cc(OCCCCCC)c(-c7ccc(OCc8ccccc8)cc7)cc6OCCCCCC)cc5)cc4)cc3)cc2)c(OCCCCCC)cc1-c1ccc(OCc2ccccc2)cc1. The Morgan fingerprint density at radius 1 is 0.207 bits per heavy atom. The molecule has 10 aromatic rings. The Kier molecular flexibility index (Phi) is 25.5. The maximum Gasteiger partial charge on any atom is 0.128 e. The fraction of sp³-hybridized carbons (Fsp3) is 0.302. The van der Waals surface area contributed by atoms with E-state index in [1.54, 1.807) is 0 Å². The van der Waals surface area contributed by atoms with Crippen LogP contribution < -0.4 is 28.4 Å². The van der Waals surface area contributed by atoms with Crippen LogP contribution >= 0.6 is 0 Å². The van der Waals surface area contributed by atoms with Gasteiger partial charge in [0, 0.05) is 22.3 Å². The number of hydrogen-bond acceptors (Lipinski definition) is 6. The van der Waals surface area contributed by atoms with Crippen LogP contribution in [0.25, 0.3) is 77.9 Å². The molecule has 0 unspecified atom stereocenters. The van der Waals surface area contributed by atoms with Gasteiger partial charge in [-0.05, 0) is 141 Å². The minimum Gasteiger partial charge on any atom is -0.493 e. The van der Waals surface area contributed by atoms with Gasteiger partial charge in [0.25, 0.3) is 0 Å². The van der Waals surface area contributed by atoms with Gasteiger partial charge < -0.3 is 28.4 Å². The van der Waals surface area contributed by atoms with Crippen LogP contribution in [0.1, 0.15) is 142 Å². The van der Waals surface area contributed by atoms with Crippen molar-refractivity contribution >= 4 is 0 Å². The molecular weight excluding hydrogens is 1130 g/mol. The molecule has 0 fully saturated rings. The summed E-state index contributed by atoms with van der Waals surface area (Å²) in [5.41, 5.74) is 17.7. The summed E-state index contributed by atoms with van der Waals surface area (Å²) in [4.78, 5) is 0. The highest BCUT2D eigenvalue weighted by molar-refractivity contribution is 5.84. The Bertz CT molecular complexity index is 3490. The Hall–Kier alpha value is -9.00. The molecule has 0 spiro atoms. The number of rotatable bonds is 37. The van der Waals surface area contributed by atoms with Gasteiger partial charge in [0.15, 0.2) is 0 Å². The van der Waals surface area contributed by atoms with Gasteiger partial charge >= 0.3 is 0 Å². The topological polar surface area (TPSA) is 55.4 Å². The van der Waals surface area contributed by atoms with Gasteiger partial charge in [-0.2, -0.15) is 0 Å². The summed E-state index contributed by atoms with van der Waals surface area (Å²) in [6, 6.07) is 81.8. The molecule has 0 N–H and O–H groups in total. The highest BCUT2D eigenvalue weighted by Gasteiger charge is 2.19. The fourth-order valence-corrected chi connectivity index (χ4v) is 11.7. The molecule has 6 nitrogen and oxygen atoms in total. The summed E-state index contributed by atoms with van der Waals surface area (Å²) in [5, 5.41) is 0. The summed E-state index contributed by atoms with van der Waals surface area (Å²) in [7, 11) is 0. The zero-order valence-corrected chi connectivity index (χ0v) is 54.9. The third-order valence-corrected chi connectivity index (χ3v) is 17.2. The molecule has 6 heteroatoms. The standard InChI is InChI=1S/C86H94O6/c1-5-9-13-23-55-87-83-61-81(75-47-51-77(52-48-75)91-63-65-27-19-17-20-28-65)85(89-57-25-15-11-7-3)59-79(83)73-43-39-71(40-44-73)69-35-31-67(32-36-69)68-33-37-70(38-34-68)72-41-45-74(46-42-72)80-60-86(90-58-26-16-12-8-4)82(62-84(80)88-56-24-14-10-6-2)76-49-53-78(54-50-76)92-64-66-29-21-18-22-30-66/h17-22,27-54,59-62H,5-16,23-26,55-58,63-64H2,1-4H3. The zero-order chi connectivity index (χ0) is 63.4. The maximum absolute atomic E-state index is 6.73. The Balaban J connectivity index is 0.851. The van der Waals surface area contributed by atoms with Crippen LogP contribution in [0, 0.1) is 0 Å². The number of benzene rings is 10. The van der Waals surface area contributed by atoms with Crippen molar-refractivity contribution in [3.05, 3.63) is 242 Å². The van der Waals surface area contributed by atoms with Crippen molar-refractivity contribution in [3.8, 4) is 112 Å². The molecule has 0 heterocycles. The predicted octanol–water partition coefficient (Wildman–Crippen LogP) is 24.4. The molecule has 0 aliphatic heterocycles. The molecule has 474 valence electrons. The third kappa shape index (κ3) is 19.0. The summed E-state index contributed by atoms with van der Waals surface area (Å²) in [6.07, 6.45) is 18.1. The Labute approximate surface area is 549 Å². The smallest absolute Gasteiger partial charge is 0.128 e. The van der Waals surface area contributed by atoms with E-state index in [4.69, 9.17) is 28.4 Å². The van der Waals surface area contributed by atoms with Crippen molar-refractivity contribution < 1.29 is 28.4 Å². The number of unbranched alkanes of at least 4 members (excludes halogenated alkanes) is 12. The van der Waals surface area contributed by atoms with Crippen molar-refractivity contribution in [2.45, 2.75) is 144 Å². The van der Waals surface area contributed by atoms with E-state index < -0.39 is 0 Å². The van der Waals surface area contributed by atoms with Crippen LogP contribution in [-0.4, -0.2) is 26.4 Å². The molecule has 0 aliphatic carbocycles. The van der Waals surface area contributed by atoms with Crippen LogP contribution in [0.3, 0.4) is 0 Å². The summed E-state index contributed by atoms with van der Waals surface area (Å²) in [6.45, 7) is 12.7. The average molecular weight is 1220 g/mol. The van der Waals surface area contributed by atoms with Gasteiger partial charge in [-0.3, -0.25) is 0 Å². The molecule has 0 saturated carbocycles. The summed E-state index contributed by atoms with van der Waals surface area (Å²) in [5.74, 6) is 5.12. The first-order valence-corrected chi connectivity index (χ1v) is 34.3. The predicted molar refractivity (Wildman–Crippen MR) is 385 cm³/mol. The average Bonchev–Trinajstić information content (AvgIpc) is 0.855. The van der Waals surface area contributed by atoms with Gasteiger partial charge in [-0.25, -0.2) is 0 Å². The highest BCUT2D eigenvalue weighted by atomic mass is 16.5. The minimum atomic E-state index is 0.520. The van der Waals surface area contributed by atoms with E-state index in [-0.39, 0.29) is 0 Å². The van der Waals surface area contributed by atoms with Crippen LogP contribution in [0.15, 0.2) is 231 Å². The molecule has 0 atom stereocenters. The van der Waals surface area contributed by atoms with Crippen molar-refractivity contribution in [2.24, 2.45) is 0 Å². The minimum absolute atomic E-state index is 0.520. The monoisotopic (exact) mass is 1220 g/mol. The van der Waals surface area contributed by atoms with Crippen molar-refractivity contribution in [1.29, 1.82) is 0 Å². The molecule has 92 heavy (non-hydrogen) atoms. The normalized spacial score (nSPS) is 11.1. The lowest BCUT2D eigenvalue weighted by Crippen LogP contribution is -2.03. The molecule has 10 aromatic carbocycles. The summed E-state index contributed by atoms with van der Waals surface area (Å²) < 4.78 is 39.3. The second kappa shape index (κ2) is 35.6. The molecule has 0 radical (unpaired) electrons. The van der Waals surface area contributed by atoms with E-state index in [9.17, 15) is 0 Å². The van der Waals surface area contributed by atoms with Gasteiger partial charge in [0.1, 0.15) is 47.7 Å². The van der Waals surface area contributed by atoms with Gasteiger partial charge in [0.2, 0.25) is 0 Å². The van der Waals surface area contributed by atoms with E-state index >= 15 is 0 Å². The Morgan fingerprint density at radius 3 is 0.652 bits per heavy atom. The highest BCUT2D eigenvalue weighted by Crippen LogP contribution is 2.45.